The van der Waals surface area contributed by atoms with Crippen LogP contribution in [0.25, 0.3) is 0 Å². The molecule has 0 atom stereocenters. The molecule has 1 aliphatic heterocycles. The van der Waals surface area contributed by atoms with Crippen LogP contribution in [0, 0.1) is 6.92 Å². The van der Waals surface area contributed by atoms with E-state index in [4.69, 9.17) is 23.2 Å². The average Bonchev–Trinajstić information content (AvgIpc) is 2.61. The zero-order valence-corrected chi connectivity index (χ0v) is 17.2. The molecule has 5 nitrogen and oxygen atoms in total. The first kappa shape index (κ1) is 20.1. The van der Waals surface area contributed by atoms with E-state index in [9.17, 15) is 13.2 Å². The summed E-state index contributed by atoms with van der Waals surface area (Å²) in [6.45, 7) is 2.79. The van der Waals surface area contributed by atoms with Crippen molar-refractivity contribution >= 4 is 44.8 Å². The molecule has 1 saturated heterocycles. The number of amides is 1. The van der Waals surface area contributed by atoms with E-state index < -0.39 is 15.9 Å². The van der Waals surface area contributed by atoms with Gasteiger partial charge in [0, 0.05) is 34.4 Å². The van der Waals surface area contributed by atoms with Gasteiger partial charge in [-0.3, -0.25) is 4.79 Å². The lowest BCUT2D eigenvalue weighted by atomic mass is 10.1. The van der Waals surface area contributed by atoms with Gasteiger partial charge in [-0.05, 0) is 55.7 Å². The summed E-state index contributed by atoms with van der Waals surface area (Å²) >= 11 is 11.9. The van der Waals surface area contributed by atoms with Crippen LogP contribution in [-0.2, 0) is 10.0 Å². The number of anilines is 1. The number of piperidine rings is 1. The van der Waals surface area contributed by atoms with Gasteiger partial charge in [0.1, 0.15) is 0 Å². The van der Waals surface area contributed by atoms with Crippen LogP contribution in [-0.4, -0.2) is 31.7 Å². The minimum Gasteiger partial charge on any atom is -0.322 e. The van der Waals surface area contributed by atoms with Gasteiger partial charge in [0.05, 0.1) is 4.90 Å². The fraction of sp³-hybridized carbons (Fsp3) is 0.316. The molecule has 2 aromatic rings. The van der Waals surface area contributed by atoms with Crippen molar-refractivity contribution in [2.75, 3.05) is 18.4 Å². The number of carbonyl (C=O) groups excluding carboxylic acids is 1. The van der Waals surface area contributed by atoms with Crippen LogP contribution in [0.1, 0.15) is 35.2 Å². The molecule has 1 amide bonds. The fourth-order valence-electron chi connectivity index (χ4n) is 3.08. The highest BCUT2D eigenvalue weighted by atomic mass is 35.5. The molecule has 144 valence electrons. The van der Waals surface area contributed by atoms with E-state index >= 15 is 0 Å². The Labute approximate surface area is 169 Å². The zero-order valence-electron chi connectivity index (χ0n) is 14.8. The molecule has 1 fully saturated rings. The smallest absolute Gasteiger partial charge is 0.255 e. The zero-order chi connectivity index (χ0) is 19.6. The summed E-state index contributed by atoms with van der Waals surface area (Å²) in [5.74, 6) is -0.415. The normalized spacial score (nSPS) is 15.5. The largest absolute Gasteiger partial charge is 0.322 e. The predicted octanol–water partition coefficient (Wildman–Crippen LogP) is 4.73. The molecule has 1 N–H and O–H groups in total. The van der Waals surface area contributed by atoms with Crippen LogP contribution in [0.5, 0.6) is 0 Å². The first-order valence-corrected chi connectivity index (χ1v) is 10.9. The average molecular weight is 427 g/mol. The van der Waals surface area contributed by atoms with Crippen LogP contribution < -0.4 is 5.32 Å². The highest BCUT2D eigenvalue weighted by Gasteiger charge is 2.27. The number of rotatable bonds is 4. The number of sulfonamides is 1. The number of benzene rings is 2. The van der Waals surface area contributed by atoms with Gasteiger partial charge in [-0.15, -0.1) is 0 Å². The van der Waals surface area contributed by atoms with Crippen molar-refractivity contribution in [3.8, 4) is 0 Å². The fourth-order valence-corrected chi connectivity index (χ4v) is 5.15. The Morgan fingerprint density at radius 1 is 1.00 bits per heavy atom. The Morgan fingerprint density at radius 2 is 1.63 bits per heavy atom. The molecule has 0 aliphatic carbocycles. The summed E-state index contributed by atoms with van der Waals surface area (Å²) in [5, 5.41) is 3.52. The summed E-state index contributed by atoms with van der Waals surface area (Å²) in [6.07, 6.45) is 2.75. The summed E-state index contributed by atoms with van der Waals surface area (Å²) in [7, 11) is -3.61. The van der Waals surface area contributed by atoms with Crippen molar-refractivity contribution in [2.24, 2.45) is 0 Å². The quantitative estimate of drug-likeness (QED) is 0.767. The van der Waals surface area contributed by atoms with Crippen LogP contribution in [0.3, 0.4) is 0 Å². The molecule has 3 rings (SSSR count). The first-order chi connectivity index (χ1) is 12.8. The number of carbonyl (C=O) groups is 1. The Morgan fingerprint density at radius 3 is 2.26 bits per heavy atom. The summed E-state index contributed by atoms with van der Waals surface area (Å²) < 4.78 is 27.2. The second-order valence-corrected chi connectivity index (χ2v) is 9.36. The first-order valence-electron chi connectivity index (χ1n) is 8.65. The number of nitrogens with zero attached hydrogens (tertiary/aromatic N) is 1. The van der Waals surface area contributed by atoms with Crippen LogP contribution in [0.2, 0.25) is 10.0 Å². The van der Waals surface area contributed by atoms with Gasteiger partial charge in [-0.1, -0.05) is 35.7 Å². The highest BCUT2D eigenvalue weighted by molar-refractivity contribution is 7.89. The van der Waals surface area contributed by atoms with E-state index in [1.807, 2.05) is 0 Å². The molecule has 27 heavy (non-hydrogen) atoms. The van der Waals surface area contributed by atoms with Crippen molar-refractivity contribution < 1.29 is 13.2 Å². The van der Waals surface area contributed by atoms with Gasteiger partial charge in [0.15, 0.2) is 0 Å². The topological polar surface area (TPSA) is 66.5 Å². The molecule has 0 radical (unpaired) electrons. The van der Waals surface area contributed by atoms with Crippen molar-refractivity contribution in [3.05, 3.63) is 57.6 Å². The molecule has 1 aliphatic rings. The maximum absolute atomic E-state index is 12.9. The summed E-state index contributed by atoms with van der Waals surface area (Å²) in [5.41, 5.74) is 1.42. The second kappa shape index (κ2) is 8.19. The van der Waals surface area contributed by atoms with Crippen LogP contribution >= 0.6 is 23.2 Å². The minimum absolute atomic E-state index is 0.129. The third-order valence-corrected chi connectivity index (χ3v) is 6.86. The van der Waals surface area contributed by atoms with E-state index in [1.54, 1.807) is 37.3 Å². The lowest BCUT2D eigenvalue weighted by molar-refractivity contribution is 0.102. The van der Waals surface area contributed by atoms with Gasteiger partial charge < -0.3 is 5.32 Å². The highest BCUT2D eigenvalue weighted by Crippen LogP contribution is 2.25. The van der Waals surface area contributed by atoms with Gasteiger partial charge in [-0.25, -0.2) is 8.42 Å². The lowest BCUT2D eigenvalue weighted by Gasteiger charge is -2.26. The molecule has 1 heterocycles. The lowest BCUT2D eigenvalue weighted by Crippen LogP contribution is -2.35. The SMILES string of the molecule is Cc1ccc(S(=O)(=O)N2CCCCC2)cc1C(=O)Nc1cc(Cl)cc(Cl)c1. The predicted molar refractivity (Wildman–Crippen MR) is 108 cm³/mol. The molecule has 0 unspecified atom stereocenters. The summed E-state index contributed by atoms with van der Waals surface area (Å²) in [6, 6.07) is 9.35. The maximum atomic E-state index is 12.9. The molecular weight excluding hydrogens is 407 g/mol. The summed E-state index contributed by atoms with van der Waals surface area (Å²) in [4.78, 5) is 12.8. The number of hydrogen-bond acceptors (Lipinski definition) is 3. The van der Waals surface area contributed by atoms with E-state index in [0.717, 1.165) is 19.3 Å². The van der Waals surface area contributed by atoms with E-state index in [-0.39, 0.29) is 4.90 Å². The monoisotopic (exact) mass is 426 g/mol. The molecule has 0 bridgehead atoms. The Hall–Kier alpha value is -1.60. The van der Waals surface area contributed by atoms with Crippen molar-refractivity contribution in [1.82, 2.24) is 4.31 Å². The van der Waals surface area contributed by atoms with Gasteiger partial charge >= 0.3 is 0 Å². The van der Waals surface area contributed by atoms with Crippen LogP contribution in [0.15, 0.2) is 41.3 Å². The molecule has 0 saturated carbocycles. The molecule has 0 aromatic heterocycles. The Kier molecular flexibility index (Phi) is 6.11. The molecule has 8 heteroatoms. The van der Waals surface area contributed by atoms with Gasteiger partial charge in [0.25, 0.3) is 5.91 Å². The molecular formula is C19H20Cl2N2O3S. The van der Waals surface area contributed by atoms with E-state index in [1.165, 1.54) is 10.4 Å². The number of nitrogens with one attached hydrogen (secondary N) is 1. The van der Waals surface area contributed by atoms with E-state index in [2.05, 4.69) is 5.32 Å². The molecule has 0 spiro atoms. The molecule has 2 aromatic carbocycles. The maximum Gasteiger partial charge on any atom is 0.255 e. The van der Waals surface area contributed by atoms with Crippen molar-refractivity contribution in [2.45, 2.75) is 31.1 Å². The third kappa shape index (κ3) is 4.63. The van der Waals surface area contributed by atoms with Gasteiger partial charge in [-0.2, -0.15) is 4.31 Å². The Balaban J connectivity index is 1.89. The number of aryl methyl sites for hydroxylation is 1. The van der Waals surface area contributed by atoms with Gasteiger partial charge in [0.2, 0.25) is 10.0 Å². The minimum atomic E-state index is -3.61. The Bertz CT molecular complexity index is 951. The standard InChI is InChI=1S/C19H20Cl2N2O3S/c1-13-5-6-17(27(25,26)23-7-3-2-4-8-23)12-18(13)19(24)22-16-10-14(20)9-15(21)11-16/h5-6,9-12H,2-4,7-8H2,1H3,(H,22,24). The number of halogens is 2. The van der Waals surface area contributed by atoms with E-state index in [0.29, 0.717) is 39.9 Å². The van der Waals surface area contributed by atoms with Crippen molar-refractivity contribution in [1.29, 1.82) is 0 Å². The van der Waals surface area contributed by atoms with Crippen LogP contribution in [0.4, 0.5) is 5.69 Å². The van der Waals surface area contributed by atoms with Crippen molar-refractivity contribution in [3.63, 3.8) is 0 Å². The number of hydrogen-bond donors (Lipinski definition) is 1. The third-order valence-electron chi connectivity index (χ3n) is 4.53. The second-order valence-electron chi connectivity index (χ2n) is 6.55.